The number of nitrogens with two attached hydrogens (primary N) is 1. The molecule has 1 heterocycles. The van der Waals surface area contributed by atoms with Gasteiger partial charge in [0.05, 0.1) is 0 Å². The van der Waals surface area contributed by atoms with E-state index in [9.17, 15) is 0 Å². The van der Waals surface area contributed by atoms with Gasteiger partial charge in [0.2, 0.25) is 0 Å². The van der Waals surface area contributed by atoms with Crippen molar-refractivity contribution in [3.05, 3.63) is 53.6 Å². The number of aromatic nitrogens is 2. The maximum Gasteiger partial charge on any atom is 0.110 e. The lowest BCUT2D eigenvalue weighted by atomic mass is 10.1. The molecule has 2 rings (SSSR count). The quantitative estimate of drug-likeness (QED) is 0.764. The zero-order chi connectivity index (χ0) is 9.80. The summed E-state index contributed by atoms with van der Waals surface area (Å²) < 4.78 is 0. The minimum Gasteiger partial charge on any atom is -0.345 e. The molecular weight excluding hydrogens is 174 g/mol. The van der Waals surface area contributed by atoms with Crippen molar-refractivity contribution in [2.75, 3.05) is 0 Å². The largest absolute Gasteiger partial charge is 0.345 e. The summed E-state index contributed by atoms with van der Waals surface area (Å²) in [5.74, 6) is 0.969. The van der Waals surface area contributed by atoms with Crippen molar-refractivity contribution in [2.24, 2.45) is 5.73 Å². The van der Waals surface area contributed by atoms with Gasteiger partial charge in [-0.05, 0) is 5.56 Å². The van der Waals surface area contributed by atoms with E-state index in [1.165, 1.54) is 5.56 Å². The summed E-state index contributed by atoms with van der Waals surface area (Å²) in [6.07, 6.45) is 2.62. The van der Waals surface area contributed by atoms with E-state index in [1.807, 2.05) is 18.2 Å². The van der Waals surface area contributed by atoms with E-state index in [2.05, 4.69) is 22.1 Å². The van der Waals surface area contributed by atoms with Gasteiger partial charge in [-0.1, -0.05) is 30.3 Å². The SMILES string of the molecule is NCc1cnc(Cc2ccccc2)[nH]1. The molecule has 2 aromatic rings. The lowest BCUT2D eigenvalue weighted by Crippen LogP contribution is -1.96. The number of nitrogens with zero attached hydrogens (tertiary/aromatic N) is 1. The van der Waals surface area contributed by atoms with Gasteiger partial charge in [0.1, 0.15) is 5.82 Å². The third kappa shape index (κ3) is 2.00. The second kappa shape index (κ2) is 4.07. The van der Waals surface area contributed by atoms with Gasteiger partial charge in [-0.3, -0.25) is 0 Å². The van der Waals surface area contributed by atoms with Gasteiger partial charge in [0.15, 0.2) is 0 Å². The Bertz CT molecular complexity index is 392. The number of H-pyrrole nitrogens is 1. The molecule has 0 fully saturated rings. The van der Waals surface area contributed by atoms with Crippen LogP contribution >= 0.6 is 0 Å². The molecule has 0 amide bonds. The molecule has 0 saturated heterocycles. The van der Waals surface area contributed by atoms with Crippen LogP contribution in [0.1, 0.15) is 17.1 Å². The first-order valence-electron chi connectivity index (χ1n) is 4.65. The Morgan fingerprint density at radius 3 is 2.64 bits per heavy atom. The maximum absolute atomic E-state index is 5.49. The zero-order valence-corrected chi connectivity index (χ0v) is 7.90. The van der Waals surface area contributed by atoms with Crippen LogP contribution in [0.3, 0.4) is 0 Å². The van der Waals surface area contributed by atoms with E-state index in [1.54, 1.807) is 6.20 Å². The molecule has 0 bridgehead atoms. The first-order valence-corrected chi connectivity index (χ1v) is 4.65. The van der Waals surface area contributed by atoms with Crippen LogP contribution in [-0.4, -0.2) is 9.97 Å². The van der Waals surface area contributed by atoms with Gasteiger partial charge in [0.25, 0.3) is 0 Å². The van der Waals surface area contributed by atoms with E-state index in [0.29, 0.717) is 6.54 Å². The van der Waals surface area contributed by atoms with Gasteiger partial charge in [-0.15, -0.1) is 0 Å². The number of aromatic amines is 1. The highest BCUT2D eigenvalue weighted by Gasteiger charge is 1.99. The predicted molar refractivity (Wildman–Crippen MR) is 55.7 cm³/mol. The molecule has 0 aliphatic carbocycles. The Kier molecular flexibility index (Phi) is 2.60. The third-order valence-electron chi connectivity index (χ3n) is 2.12. The van der Waals surface area contributed by atoms with E-state index < -0.39 is 0 Å². The molecular formula is C11H13N3. The summed E-state index contributed by atoms with van der Waals surface area (Å²) in [7, 11) is 0. The molecule has 0 saturated carbocycles. The molecule has 1 aromatic heterocycles. The first-order chi connectivity index (χ1) is 6.88. The Morgan fingerprint density at radius 1 is 1.21 bits per heavy atom. The van der Waals surface area contributed by atoms with Gasteiger partial charge in [-0.2, -0.15) is 0 Å². The van der Waals surface area contributed by atoms with Crippen LogP contribution < -0.4 is 5.73 Å². The summed E-state index contributed by atoms with van der Waals surface area (Å²) in [6.45, 7) is 0.516. The summed E-state index contributed by atoms with van der Waals surface area (Å²) in [6, 6.07) is 10.2. The monoisotopic (exact) mass is 187 g/mol. The predicted octanol–water partition coefficient (Wildman–Crippen LogP) is 1.46. The Balaban J connectivity index is 2.11. The Hall–Kier alpha value is -1.61. The molecule has 0 unspecified atom stereocenters. The average molecular weight is 187 g/mol. The Morgan fingerprint density at radius 2 is 2.00 bits per heavy atom. The summed E-state index contributed by atoms with van der Waals surface area (Å²) in [4.78, 5) is 7.42. The van der Waals surface area contributed by atoms with Crippen LogP contribution in [0, 0.1) is 0 Å². The fourth-order valence-electron chi connectivity index (χ4n) is 1.39. The van der Waals surface area contributed by atoms with Gasteiger partial charge >= 0.3 is 0 Å². The van der Waals surface area contributed by atoms with Crippen LogP contribution in [0.2, 0.25) is 0 Å². The number of benzene rings is 1. The highest BCUT2D eigenvalue weighted by Crippen LogP contribution is 2.05. The zero-order valence-electron chi connectivity index (χ0n) is 7.90. The summed E-state index contributed by atoms with van der Waals surface area (Å²) in [5, 5.41) is 0. The molecule has 0 atom stereocenters. The smallest absolute Gasteiger partial charge is 0.110 e. The number of nitrogens with one attached hydrogen (secondary N) is 1. The van der Waals surface area contributed by atoms with Crippen molar-refractivity contribution >= 4 is 0 Å². The summed E-state index contributed by atoms with van der Waals surface area (Å²) in [5.41, 5.74) is 7.72. The van der Waals surface area contributed by atoms with Crippen molar-refractivity contribution in [1.82, 2.24) is 9.97 Å². The molecule has 0 aliphatic heterocycles. The van der Waals surface area contributed by atoms with Gasteiger partial charge in [0, 0.05) is 24.9 Å². The number of rotatable bonds is 3. The van der Waals surface area contributed by atoms with Crippen LogP contribution in [0.15, 0.2) is 36.5 Å². The van der Waals surface area contributed by atoms with E-state index in [0.717, 1.165) is 17.9 Å². The molecule has 3 heteroatoms. The molecule has 0 spiro atoms. The van der Waals surface area contributed by atoms with Crippen molar-refractivity contribution in [1.29, 1.82) is 0 Å². The number of hydrogen-bond donors (Lipinski definition) is 2. The van der Waals surface area contributed by atoms with E-state index in [-0.39, 0.29) is 0 Å². The number of hydrogen-bond acceptors (Lipinski definition) is 2. The lowest BCUT2D eigenvalue weighted by Gasteiger charge is -1.96. The average Bonchev–Trinajstić information content (AvgIpc) is 2.67. The second-order valence-corrected chi connectivity index (χ2v) is 3.22. The molecule has 1 aromatic carbocycles. The molecule has 14 heavy (non-hydrogen) atoms. The van der Waals surface area contributed by atoms with Crippen molar-refractivity contribution in [3.63, 3.8) is 0 Å². The van der Waals surface area contributed by atoms with E-state index in [4.69, 9.17) is 5.73 Å². The fourth-order valence-corrected chi connectivity index (χ4v) is 1.39. The molecule has 0 aliphatic rings. The van der Waals surface area contributed by atoms with Crippen LogP contribution in [0.4, 0.5) is 0 Å². The topological polar surface area (TPSA) is 54.7 Å². The fraction of sp³-hybridized carbons (Fsp3) is 0.182. The highest BCUT2D eigenvalue weighted by atomic mass is 14.9. The molecule has 72 valence electrons. The molecule has 3 N–H and O–H groups in total. The standard InChI is InChI=1S/C11H13N3/c12-7-10-8-13-11(14-10)6-9-4-2-1-3-5-9/h1-5,8H,6-7,12H2,(H,13,14). The highest BCUT2D eigenvalue weighted by molar-refractivity contribution is 5.19. The molecule has 3 nitrogen and oxygen atoms in total. The number of imidazole rings is 1. The van der Waals surface area contributed by atoms with Crippen LogP contribution in [0.5, 0.6) is 0 Å². The normalized spacial score (nSPS) is 10.4. The first kappa shape index (κ1) is 8.97. The minimum absolute atomic E-state index is 0.516. The van der Waals surface area contributed by atoms with E-state index >= 15 is 0 Å². The summed E-state index contributed by atoms with van der Waals surface area (Å²) >= 11 is 0. The van der Waals surface area contributed by atoms with Gasteiger partial charge in [-0.25, -0.2) is 4.98 Å². The second-order valence-electron chi connectivity index (χ2n) is 3.22. The Labute approximate surface area is 83.0 Å². The molecule has 0 radical (unpaired) electrons. The van der Waals surface area contributed by atoms with Crippen molar-refractivity contribution in [3.8, 4) is 0 Å². The third-order valence-corrected chi connectivity index (χ3v) is 2.12. The van der Waals surface area contributed by atoms with Crippen LogP contribution in [0.25, 0.3) is 0 Å². The lowest BCUT2D eigenvalue weighted by molar-refractivity contribution is 0.968. The van der Waals surface area contributed by atoms with Crippen LogP contribution in [-0.2, 0) is 13.0 Å². The van der Waals surface area contributed by atoms with Gasteiger partial charge < -0.3 is 10.7 Å². The van der Waals surface area contributed by atoms with Crippen molar-refractivity contribution < 1.29 is 0 Å². The van der Waals surface area contributed by atoms with Crippen molar-refractivity contribution in [2.45, 2.75) is 13.0 Å². The maximum atomic E-state index is 5.49. The minimum atomic E-state index is 0.516.